The number of anilines is 1. The lowest BCUT2D eigenvalue weighted by atomic mass is 10.2. The Bertz CT molecular complexity index is 548. The van der Waals surface area contributed by atoms with Crippen LogP contribution in [0.5, 0.6) is 0 Å². The molecule has 0 aliphatic heterocycles. The van der Waals surface area contributed by atoms with Crippen molar-refractivity contribution in [3.8, 4) is 0 Å². The minimum absolute atomic E-state index is 0.0830. The Labute approximate surface area is 129 Å². The van der Waals surface area contributed by atoms with Crippen molar-refractivity contribution in [2.75, 3.05) is 11.9 Å². The zero-order chi connectivity index (χ0) is 15.9. The summed E-state index contributed by atoms with van der Waals surface area (Å²) in [5.41, 5.74) is 1.75. The van der Waals surface area contributed by atoms with Crippen molar-refractivity contribution in [1.82, 2.24) is 10.6 Å². The fourth-order valence-corrected chi connectivity index (χ4v) is 2.40. The quantitative estimate of drug-likeness (QED) is 0.728. The van der Waals surface area contributed by atoms with E-state index in [0.29, 0.717) is 5.69 Å². The molecule has 6 nitrogen and oxygen atoms in total. The molecule has 0 heterocycles. The van der Waals surface area contributed by atoms with Crippen molar-refractivity contribution in [1.29, 1.82) is 0 Å². The van der Waals surface area contributed by atoms with Crippen molar-refractivity contribution < 1.29 is 14.4 Å². The van der Waals surface area contributed by atoms with Gasteiger partial charge in [0.05, 0.1) is 6.54 Å². The van der Waals surface area contributed by atoms with Crippen LogP contribution in [0.3, 0.4) is 0 Å². The maximum atomic E-state index is 11.7. The Morgan fingerprint density at radius 1 is 1.05 bits per heavy atom. The molecule has 6 heteroatoms. The Balaban J connectivity index is 1.71. The Kier molecular flexibility index (Phi) is 5.52. The smallest absolute Gasteiger partial charge is 0.309 e. The lowest BCUT2D eigenvalue weighted by molar-refractivity contribution is -0.140. The van der Waals surface area contributed by atoms with Gasteiger partial charge in [0.25, 0.3) is 0 Å². The molecule has 1 fully saturated rings. The Morgan fingerprint density at radius 3 is 2.32 bits per heavy atom. The highest BCUT2D eigenvalue weighted by Crippen LogP contribution is 2.17. The van der Waals surface area contributed by atoms with Gasteiger partial charge in [-0.25, -0.2) is 0 Å². The number of nitrogens with one attached hydrogen (secondary N) is 3. The molecule has 0 aromatic heterocycles. The van der Waals surface area contributed by atoms with Gasteiger partial charge in [0, 0.05) is 11.7 Å². The molecular formula is C16H21N3O3. The van der Waals surface area contributed by atoms with Gasteiger partial charge >= 0.3 is 11.8 Å². The van der Waals surface area contributed by atoms with Crippen LogP contribution in [0.4, 0.5) is 5.69 Å². The SMILES string of the molecule is Cc1ccc(NC(=O)CNC(=O)C(=O)NC2CCCC2)cc1. The van der Waals surface area contributed by atoms with Gasteiger partial charge in [0.2, 0.25) is 5.91 Å². The summed E-state index contributed by atoms with van der Waals surface area (Å²) in [5, 5.41) is 7.65. The van der Waals surface area contributed by atoms with Gasteiger partial charge in [-0.05, 0) is 31.9 Å². The standard InChI is InChI=1S/C16H21N3O3/c1-11-6-8-13(9-7-11)18-14(20)10-17-15(21)16(22)19-12-4-2-3-5-12/h6-9,12H,2-5,10H2,1H3,(H,17,21)(H,18,20)(H,19,22). The summed E-state index contributed by atoms with van der Waals surface area (Å²) >= 11 is 0. The largest absolute Gasteiger partial charge is 0.345 e. The number of hydrogen-bond donors (Lipinski definition) is 3. The predicted octanol–water partition coefficient (Wildman–Crippen LogP) is 1.11. The van der Waals surface area contributed by atoms with E-state index in [1.54, 1.807) is 12.1 Å². The Morgan fingerprint density at radius 2 is 1.68 bits per heavy atom. The lowest BCUT2D eigenvalue weighted by Gasteiger charge is -2.11. The number of benzene rings is 1. The van der Waals surface area contributed by atoms with Crippen LogP contribution >= 0.6 is 0 Å². The summed E-state index contributed by atoms with van der Waals surface area (Å²) in [6.45, 7) is 1.72. The number of carbonyl (C=O) groups excluding carboxylic acids is 3. The van der Waals surface area contributed by atoms with Gasteiger partial charge < -0.3 is 16.0 Å². The van der Waals surface area contributed by atoms with E-state index in [0.717, 1.165) is 31.2 Å². The molecule has 0 radical (unpaired) electrons. The molecule has 1 aromatic carbocycles. The third-order valence-electron chi connectivity index (χ3n) is 3.64. The first kappa shape index (κ1) is 16.0. The number of aryl methyl sites for hydroxylation is 1. The maximum absolute atomic E-state index is 11.7. The molecule has 3 amide bonds. The summed E-state index contributed by atoms with van der Waals surface area (Å²) in [6.07, 6.45) is 3.97. The van der Waals surface area contributed by atoms with Crippen LogP contribution < -0.4 is 16.0 Å². The average molecular weight is 303 g/mol. The van der Waals surface area contributed by atoms with Crippen LogP contribution in [0.1, 0.15) is 31.2 Å². The van der Waals surface area contributed by atoms with Crippen molar-refractivity contribution >= 4 is 23.4 Å². The third-order valence-corrected chi connectivity index (χ3v) is 3.64. The predicted molar refractivity (Wildman–Crippen MR) is 83.2 cm³/mol. The number of carbonyl (C=O) groups is 3. The molecule has 2 rings (SSSR count). The molecule has 3 N–H and O–H groups in total. The van der Waals surface area contributed by atoms with E-state index in [2.05, 4.69) is 16.0 Å². The van der Waals surface area contributed by atoms with Crippen LogP contribution in [-0.2, 0) is 14.4 Å². The summed E-state index contributed by atoms with van der Waals surface area (Å²) in [5.74, 6) is -1.81. The van der Waals surface area contributed by atoms with Crippen molar-refractivity contribution in [3.05, 3.63) is 29.8 Å². The molecule has 0 saturated heterocycles. The normalized spacial score (nSPS) is 14.4. The summed E-state index contributed by atoms with van der Waals surface area (Å²) in [4.78, 5) is 35.0. The minimum atomic E-state index is -0.772. The van der Waals surface area contributed by atoms with Crippen molar-refractivity contribution in [2.24, 2.45) is 0 Å². The van der Waals surface area contributed by atoms with Crippen LogP contribution in [0.2, 0.25) is 0 Å². The van der Waals surface area contributed by atoms with Crippen molar-refractivity contribution in [2.45, 2.75) is 38.6 Å². The lowest BCUT2D eigenvalue weighted by Crippen LogP contribution is -2.45. The number of rotatable bonds is 4. The summed E-state index contributed by atoms with van der Waals surface area (Å²) in [7, 11) is 0. The van der Waals surface area contributed by atoms with Gasteiger partial charge in [-0.2, -0.15) is 0 Å². The molecule has 0 bridgehead atoms. The van der Waals surface area contributed by atoms with E-state index in [1.807, 2.05) is 19.1 Å². The monoisotopic (exact) mass is 303 g/mol. The van der Waals surface area contributed by atoms with E-state index in [-0.39, 0.29) is 18.5 Å². The maximum Gasteiger partial charge on any atom is 0.309 e. The molecule has 0 spiro atoms. The molecule has 0 atom stereocenters. The highest BCUT2D eigenvalue weighted by atomic mass is 16.2. The molecule has 22 heavy (non-hydrogen) atoms. The molecule has 1 aliphatic rings. The first-order valence-electron chi connectivity index (χ1n) is 7.50. The molecule has 1 aromatic rings. The third kappa shape index (κ3) is 4.87. The zero-order valence-corrected chi connectivity index (χ0v) is 12.6. The van der Waals surface area contributed by atoms with E-state index in [1.165, 1.54) is 0 Å². The van der Waals surface area contributed by atoms with Crippen LogP contribution in [0.15, 0.2) is 24.3 Å². The summed E-state index contributed by atoms with van der Waals surface area (Å²) in [6, 6.07) is 7.40. The van der Waals surface area contributed by atoms with Gasteiger partial charge in [-0.1, -0.05) is 30.5 Å². The van der Waals surface area contributed by atoms with Gasteiger partial charge in [-0.15, -0.1) is 0 Å². The summed E-state index contributed by atoms with van der Waals surface area (Å²) < 4.78 is 0. The second-order valence-corrected chi connectivity index (χ2v) is 5.55. The van der Waals surface area contributed by atoms with Crippen LogP contribution in [0.25, 0.3) is 0 Å². The second-order valence-electron chi connectivity index (χ2n) is 5.55. The molecule has 118 valence electrons. The van der Waals surface area contributed by atoms with Gasteiger partial charge in [0.15, 0.2) is 0 Å². The van der Waals surface area contributed by atoms with Crippen LogP contribution in [0, 0.1) is 6.92 Å². The Hall–Kier alpha value is -2.37. The minimum Gasteiger partial charge on any atom is -0.345 e. The van der Waals surface area contributed by atoms with Gasteiger partial charge in [-0.3, -0.25) is 14.4 Å². The molecule has 1 aliphatic carbocycles. The van der Waals surface area contributed by atoms with E-state index in [9.17, 15) is 14.4 Å². The van der Waals surface area contributed by atoms with Gasteiger partial charge in [0.1, 0.15) is 0 Å². The topological polar surface area (TPSA) is 87.3 Å². The number of hydrogen-bond acceptors (Lipinski definition) is 3. The number of amides is 3. The highest BCUT2D eigenvalue weighted by molar-refractivity contribution is 6.35. The molecular weight excluding hydrogens is 282 g/mol. The second kappa shape index (κ2) is 7.59. The average Bonchev–Trinajstić information content (AvgIpc) is 3.00. The highest BCUT2D eigenvalue weighted by Gasteiger charge is 2.21. The fraction of sp³-hybridized carbons (Fsp3) is 0.438. The van der Waals surface area contributed by atoms with Crippen LogP contribution in [-0.4, -0.2) is 30.3 Å². The first-order valence-corrected chi connectivity index (χ1v) is 7.50. The molecule has 0 unspecified atom stereocenters. The van der Waals surface area contributed by atoms with E-state index in [4.69, 9.17) is 0 Å². The zero-order valence-electron chi connectivity index (χ0n) is 12.6. The van der Waals surface area contributed by atoms with E-state index >= 15 is 0 Å². The van der Waals surface area contributed by atoms with Crippen molar-refractivity contribution in [3.63, 3.8) is 0 Å². The fourth-order valence-electron chi connectivity index (χ4n) is 2.40. The molecule has 1 saturated carbocycles. The first-order chi connectivity index (χ1) is 10.5. The van der Waals surface area contributed by atoms with E-state index < -0.39 is 11.8 Å².